The monoisotopic (exact) mass is 1070 g/mol. The van der Waals surface area contributed by atoms with Crippen molar-refractivity contribution in [1.82, 2.24) is 5.32 Å². The molecule has 76 heavy (non-hydrogen) atoms. The first-order valence-corrected chi connectivity index (χ1v) is 30.5. The van der Waals surface area contributed by atoms with E-state index in [1.165, 1.54) is 83.5 Å². The zero-order valence-electron chi connectivity index (χ0n) is 48.1. The molecule has 0 aliphatic carbocycles. The van der Waals surface area contributed by atoms with E-state index < -0.39 is 67.4 Å². The van der Waals surface area contributed by atoms with Crippen LogP contribution in [0.4, 0.5) is 0 Å². The molecule has 0 radical (unpaired) electrons. The molecule has 0 bridgehead atoms. The summed E-state index contributed by atoms with van der Waals surface area (Å²) in [5.74, 6) is -1.28. The minimum absolute atomic E-state index is 0.0772. The Balaban J connectivity index is 2.68. The van der Waals surface area contributed by atoms with E-state index in [0.29, 0.717) is 12.8 Å². The van der Waals surface area contributed by atoms with Gasteiger partial charge in [0.15, 0.2) is 12.4 Å². The first-order chi connectivity index (χ1) is 37.2. The number of allylic oxidation sites excluding steroid dienone is 14. The second kappa shape index (κ2) is 52.3. The van der Waals surface area contributed by atoms with E-state index in [4.69, 9.17) is 14.2 Å². The van der Waals surface area contributed by atoms with Crippen LogP contribution in [0, 0.1) is 0 Å². The molecule has 0 aromatic heterocycles. The molecule has 8 unspecified atom stereocenters. The van der Waals surface area contributed by atoms with Gasteiger partial charge in [0.1, 0.15) is 24.4 Å². The van der Waals surface area contributed by atoms with Gasteiger partial charge >= 0.3 is 5.97 Å². The molecule has 0 aromatic rings. The van der Waals surface area contributed by atoms with E-state index in [1.807, 2.05) is 12.2 Å². The number of hydrogen-bond donors (Lipinski definition) is 6. The Morgan fingerprint density at radius 1 is 0.526 bits per heavy atom. The molecule has 11 nitrogen and oxygen atoms in total. The molecule has 1 aliphatic rings. The van der Waals surface area contributed by atoms with Crippen molar-refractivity contribution in [3.05, 3.63) is 97.2 Å². The molecule has 1 heterocycles. The van der Waals surface area contributed by atoms with Gasteiger partial charge in [-0.05, 0) is 83.5 Å². The standard InChI is InChI=1S/C65H111NO10/c1-4-7-10-13-16-19-22-25-26-27-28-29-30-31-32-33-34-35-38-41-44-47-50-53-60(70)76-63-62(72)61(71)59(54-67)75-65(63)74-55-56(57(68)51-48-45-42-39-36-23-20-17-14-11-8-5-2)66-64(73)58(69)52-49-46-43-40-37-24-21-18-15-12-9-6-3/h7,10,16,19,25-26,28-29,31-32,37,40,46,48-49,51,56-59,61-63,65,67-69,71-72H,4-6,8-9,11-15,17-18,20-24,27,30,33-36,38-39,41-45,47,50,52-55H2,1-3H3,(H,66,73)/b10-7-,19-16-,26-25-,29-28-,32-31-,40-37-,49-46+,51-48+. The van der Waals surface area contributed by atoms with Crippen LogP contribution in [-0.4, -0.2) is 99.6 Å². The third-order valence-corrected chi connectivity index (χ3v) is 13.7. The van der Waals surface area contributed by atoms with Gasteiger partial charge in [0.05, 0.1) is 25.4 Å². The summed E-state index contributed by atoms with van der Waals surface area (Å²) < 4.78 is 17.6. The number of amides is 1. The maximum Gasteiger partial charge on any atom is 0.306 e. The van der Waals surface area contributed by atoms with Crippen LogP contribution in [0.15, 0.2) is 97.2 Å². The van der Waals surface area contributed by atoms with Gasteiger partial charge in [-0.15, -0.1) is 0 Å². The normalized spacial score (nSPS) is 19.8. The molecule has 1 amide bonds. The van der Waals surface area contributed by atoms with Crippen LogP contribution in [0.1, 0.15) is 239 Å². The Bertz CT molecular complexity index is 1600. The van der Waals surface area contributed by atoms with Gasteiger partial charge in [-0.3, -0.25) is 9.59 Å². The highest BCUT2D eigenvalue weighted by molar-refractivity contribution is 5.81. The van der Waals surface area contributed by atoms with E-state index in [2.05, 4.69) is 99.0 Å². The van der Waals surface area contributed by atoms with Crippen molar-refractivity contribution in [2.75, 3.05) is 13.2 Å². The van der Waals surface area contributed by atoms with Gasteiger partial charge in [-0.2, -0.15) is 0 Å². The molecule has 1 rings (SSSR count). The van der Waals surface area contributed by atoms with E-state index in [9.17, 15) is 35.1 Å². The van der Waals surface area contributed by atoms with E-state index in [0.717, 1.165) is 109 Å². The fourth-order valence-electron chi connectivity index (χ4n) is 8.90. The second-order valence-corrected chi connectivity index (χ2v) is 20.7. The molecule has 436 valence electrons. The number of esters is 1. The molecular formula is C65H111NO10. The Morgan fingerprint density at radius 3 is 1.42 bits per heavy atom. The molecule has 8 atom stereocenters. The summed E-state index contributed by atoms with van der Waals surface area (Å²) in [6.07, 6.45) is 59.0. The Hall–Kier alpha value is -3.42. The Morgan fingerprint density at radius 2 is 0.947 bits per heavy atom. The zero-order valence-corrected chi connectivity index (χ0v) is 48.1. The number of nitrogens with one attached hydrogen (secondary N) is 1. The summed E-state index contributed by atoms with van der Waals surface area (Å²) in [4.78, 5) is 26.5. The number of aliphatic hydroxyl groups is 5. The maximum absolute atomic E-state index is 13.3. The van der Waals surface area contributed by atoms with Crippen molar-refractivity contribution in [3.8, 4) is 0 Å². The molecule has 1 aliphatic heterocycles. The highest BCUT2D eigenvalue weighted by Gasteiger charge is 2.47. The summed E-state index contributed by atoms with van der Waals surface area (Å²) in [7, 11) is 0. The van der Waals surface area contributed by atoms with Gasteiger partial charge in [-0.1, -0.05) is 240 Å². The average Bonchev–Trinajstić information content (AvgIpc) is 3.42. The van der Waals surface area contributed by atoms with Crippen molar-refractivity contribution in [3.63, 3.8) is 0 Å². The van der Waals surface area contributed by atoms with Gasteiger partial charge in [0.2, 0.25) is 5.91 Å². The lowest BCUT2D eigenvalue weighted by Gasteiger charge is -2.41. The fourth-order valence-corrected chi connectivity index (χ4v) is 8.90. The lowest BCUT2D eigenvalue weighted by molar-refractivity contribution is -0.305. The Labute approximate surface area is 463 Å². The smallest absolute Gasteiger partial charge is 0.306 e. The number of rotatable bonds is 50. The predicted molar refractivity (Wildman–Crippen MR) is 315 cm³/mol. The quantitative estimate of drug-likeness (QED) is 0.0195. The molecule has 11 heteroatoms. The van der Waals surface area contributed by atoms with Crippen molar-refractivity contribution < 1.29 is 49.3 Å². The first-order valence-electron chi connectivity index (χ1n) is 30.5. The highest BCUT2D eigenvalue weighted by Crippen LogP contribution is 2.26. The van der Waals surface area contributed by atoms with Crippen LogP contribution >= 0.6 is 0 Å². The SMILES string of the molecule is CC/C=C\C/C=C\C/C=C\C/C=C\C/C=C\CCCCCCCCCC(=O)OC1C(OCC(NC(=O)C(O)C/C=C/C/C=C\CCCCCCCC)C(O)/C=C/CCCCCCCCCCCC)OC(CO)C(O)C1O. The van der Waals surface area contributed by atoms with Gasteiger partial charge < -0.3 is 45.1 Å². The number of aliphatic hydroxyl groups excluding tert-OH is 5. The van der Waals surface area contributed by atoms with E-state index >= 15 is 0 Å². The number of hydrogen-bond acceptors (Lipinski definition) is 10. The molecular weight excluding hydrogens is 955 g/mol. The van der Waals surface area contributed by atoms with E-state index in [1.54, 1.807) is 12.2 Å². The van der Waals surface area contributed by atoms with Crippen LogP contribution < -0.4 is 5.32 Å². The topological polar surface area (TPSA) is 175 Å². The minimum atomic E-state index is -1.63. The molecule has 6 N–H and O–H groups in total. The van der Waals surface area contributed by atoms with Gasteiger partial charge in [0.25, 0.3) is 0 Å². The second-order valence-electron chi connectivity index (χ2n) is 20.7. The van der Waals surface area contributed by atoms with Crippen LogP contribution in [-0.2, 0) is 23.8 Å². The lowest BCUT2D eigenvalue weighted by atomic mass is 9.99. The van der Waals surface area contributed by atoms with Crippen LogP contribution in [0.25, 0.3) is 0 Å². The summed E-state index contributed by atoms with van der Waals surface area (Å²) >= 11 is 0. The van der Waals surface area contributed by atoms with E-state index in [-0.39, 0.29) is 19.4 Å². The zero-order chi connectivity index (χ0) is 55.4. The van der Waals surface area contributed by atoms with Crippen molar-refractivity contribution in [2.45, 2.75) is 288 Å². The van der Waals surface area contributed by atoms with Crippen molar-refractivity contribution in [1.29, 1.82) is 0 Å². The largest absolute Gasteiger partial charge is 0.454 e. The number of carbonyl (C=O) groups is 2. The maximum atomic E-state index is 13.3. The third kappa shape index (κ3) is 39.9. The Kier molecular flexibility index (Phi) is 48.6. The fraction of sp³-hybridized carbons (Fsp3) is 0.723. The summed E-state index contributed by atoms with van der Waals surface area (Å²) in [6.45, 7) is 5.60. The molecule has 1 saturated heterocycles. The first kappa shape index (κ1) is 70.6. The summed E-state index contributed by atoms with van der Waals surface area (Å²) in [5, 5.41) is 56.8. The van der Waals surface area contributed by atoms with Crippen LogP contribution in [0.5, 0.6) is 0 Å². The van der Waals surface area contributed by atoms with Crippen molar-refractivity contribution in [2.24, 2.45) is 0 Å². The molecule has 0 saturated carbocycles. The highest BCUT2D eigenvalue weighted by atomic mass is 16.7. The minimum Gasteiger partial charge on any atom is -0.454 e. The molecule has 0 aromatic carbocycles. The van der Waals surface area contributed by atoms with Crippen LogP contribution in [0.2, 0.25) is 0 Å². The number of carbonyl (C=O) groups excluding carboxylic acids is 2. The third-order valence-electron chi connectivity index (χ3n) is 13.7. The lowest BCUT2D eigenvalue weighted by Crippen LogP contribution is -2.61. The molecule has 0 spiro atoms. The van der Waals surface area contributed by atoms with Crippen molar-refractivity contribution >= 4 is 11.9 Å². The van der Waals surface area contributed by atoms with Gasteiger partial charge in [0, 0.05) is 12.8 Å². The van der Waals surface area contributed by atoms with Crippen LogP contribution in [0.3, 0.4) is 0 Å². The average molecular weight is 1070 g/mol. The predicted octanol–water partition coefficient (Wildman–Crippen LogP) is 14.3. The summed E-state index contributed by atoms with van der Waals surface area (Å²) in [5.41, 5.74) is 0. The number of ether oxygens (including phenoxy) is 3. The summed E-state index contributed by atoms with van der Waals surface area (Å²) in [6, 6.07) is -1.06. The number of unbranched alkanes of at least 4 members (excludes halogenated alkanes) is 23. The van der Waals surface area contributed by atoms with Gasteiger partial charge in [-0.25, -0.2) is 0 Å². The molecule has 1 fully saturated rings.